The van der Waals surface area contributed by atoms with E-state index in [9.17, 15) is 0 Å². The van der Waals surface area contributed by atoms with Crippen molar-refractivity contribution in [1.82, 2.24) is 0 Å². The predicted molar refractivity (Wildman–Crippen MR) is 29.2 cm³/mol. The zero-order chi connectivity index (χ0) is 5.70. The van der Waals surface area contributed by atoms with Crippen LogP contribution in [0.5, 0.6) is 0 Å². The van der Waals surface area contributed by atoms with E-state index < -0.39 is 0 Å². The van der Waals surface area contributed by atoms with Gasteiger partial charge in [-0.15, -0.1) is 0 Å². The molecular weight excluding hydrogens is 90.1 g/mol. The molecular formula is C5H14NO+. The van der Waals surface area contributed by atoms with Crippen LogP contribution in [-0.4, -0.2) is 26.8 Å². The second kappa shape index (κ2) is 4.09. The standard InChI is InChI=1S/C5H13NO/c1-5(6-2)4-7-3/h5-6H,4H2,1-3H3/p+1/t5-/m0/s1. The number of hydrogen-bond acceptors (Lipinski definition) is 1. The van der Waals surface area contributed by atoms with Crippen molar-refractivity contribution in [2.45, 2.75) is 13.0 Å². The highest BCUT2D eigenvalue weighted by Gasteiger charge is 1.95. The summed E-state index contributed by atoms with van der Waals surface area (Å²) >= 11 is 0. The van der Waals surface area contributed by atoms with E-state index >= 15 is 0 Å². The molecule has 0 saturated carbocycles. The molecule has 0 rings (SSSR count). The fraction of sp³-hybridized carbons (Fsp3) is 1.00. The summed E-state index contributed by atoms with van der Waals surface area (Å²) in [5.74, 6) is 0. The topological polar surface area (TPSA) is 25.8 Å². The number of quaternary nitrogens is 1. The van der Waals surface area contributed by atoms with Crippen molar-refractivity contribution in [3.8, 4) is 0 Å². The molecule has 2 heteroatoms. The Hall–Kier alpha value is -0.0800. The number of rotatable bonds is 3. The number of methoxy groups -OCH3 is 1. The van der Waals surface area contributed by atoms with Crippen molar-refractivity contribution in [3.63, 3.8) is 0 Å². The molecule has 1 atom stereocenters. The molecule has 0 bridgehead atoms. The summed E-state index contributed by atoms with van der Waals surface area (Å²) in [5.41, 5.74) is 0. The molecule has 0 aromatic rings. The van der Waals surface area contributed by atoms with E-state index in [1.54, 1.807) is 7.11 Å². The van der Waals surface area contributed by atoms with Crippen LogP contribution in [0.1, 0.15) is 6.92 Å². The zero-order valence-electron chi connectivity index (χ0n) is 5.27. The minimum absolute atomic E-state index is 0.602. The van der Waals surface area contributed by atoms with Crippen LogP contribution in [0.2, 0.25) is 0 Å². The van der Waals surface area contributed by atoms with Gasteiger partial charge in [0.15, 0.2) is 0 Å². The van der Waals surface area contributed by atoms with Crippen LogP contribution in [0.25, 0.3) is 0 Å². The van der Waals surface area contributed by atoms with Crippen molar-refractivity contribution < 1.29 is 10.1 Å². The maximum absolute atomic E-state index is 4.86. The quantitative estimate of drug-likeness (QED) is 0.499. The molecule has 0 unspecified atom stereocenters. The Labute approximate surface area is 44.9 Å². The molecule has 0 fully saturated rings. The molecule has 0 aliphatic heterocycles. The van der Waals surface area contributed by atoms with E-state index in [1.807, 2.05) is 7.05 Å². The molecule has 2 nitrogen and oxygen atoms in total. The Balaban J connectivity index is 2.83. The lowest BCUT2D eigenvalue weighted by molar-refractivity contribution is -0.661. The van der Waals surface area contributed by atoms with E-state index in [4.69, 9.17) is 4.74 Å². The highest BCUT2D eigenvalue weighted by Crippen LogP contribution is 1.69. The van der Waals surface area contributed by atoms with Crippen LogP contribution in [0.4, 0.5) is 0 Å². The second-order valence-electron chi connectivity index (χ2n) is 1.77. The lowest BCUT2D eigenvalue weighted by Gasteiger charge is -2.02. The first-order chi connectivity index (χ1) is 3.31. The Morgan fingerprint density at radius 1 is 1.71 bits per heavy atom. The monoisotopic (exact) mass is 104 g/mol. The highest BCUT2D eigenvalue weighted by atomic mass is 16.5. The molecule has 2 N–H and O–H groups in total. The van der Waals surface area contributed by atoms with E-state index in [2.05, 4.69) is 12.2 Å². The summed E-state index contributed by atoms with van der Waals surface area (Å²) < 4.78 is 4.86. The Kier molecular flexibility index (Phi) is 4.04. The maximum Gasteiger partial charge on any atom is 0.106 e. The number of likely N-dealkylation sites (N-methyl/N-ethyl adjacent to an activating group) is 1. The Morgan fingerprint density at radius 3 is 2.43 bits per heavy atom. The van der Waals surface area contributed by atoms with Gasteiger partial charge in [-0.3, -0.25) is 0 Å². The number of nitrogens with two attached hydrogens (primary N) is 1. The van der Waals surface area contributed by atoms with Gasteiger partial charge in [0.2, 0.25) is 0 Å². The zero-order valence-corrected chi connectivity index (χ0v) is 5.27. The van der Waals surface area contributed by atoms with Gasteiger partial charge in [-0.05, 0) is 6.92 Å². The average molecular weight is 104 g/mol. The fourth-order valence-corrected chi connectivity index (χ4v) is 0.359. The molecule has 7 heavy (non-hydrogen) atoms. The van der Waals surface area contributed by atoms with Gasteiger partial charge in [0.1, 0.15) is 6.04 Å². The molecule has 0 aromatic heterocycles. The van der Waals surface area contributed by atoms with Crippen molar-refractivity contribution >= 4 is 0 Å². The van der Waals surface area contributed by atoms with Crippen LogP contribution in [0.3, 0.4) is 0 Å². The van der Waals surface area contributed by atoms with Crippen molar-refractivity contribution in [2.75, 3.05) is 20.8 Å². The third-order valence-electron chi connectivity index (χ3n) is 0.999. The maximum atomic E-state index is 4.86. The molecule has 0 aromatic carbocycles. The Morgan fingerprint density at radius 2 is 2.29 bits per heavy atom. The molecule has 0 aliphatic carbocycles. The summed E-state index contributed by atoms with van der Waals surface area (Å²) in [6.45, 7) is 2.97. The molecule has 0 spiro atoms. The minimum Gasteiger partial charge on any atom is -0.379 e. The smallest absolute Gasteiger partial charge is 0.106 e. The fourth-order valence-electron chi connectivity index (χ4n) is 0.359. The van der Waals surface area contributed by atoms with Gasteiger partial charge in [-0.25, -0.2) is 0 Å². The van der Waals surface area contributed by atoms with Gasteiger partial charge < -0.3 is 10.1 Å². The molecule has 0 radical (unpaired) electrons. The highest BCUT2D eigenvalue weighted by molar-refractivity contribution is 4.36. The molecule has 44 valence electrons. The normalized spacial score (nSPS) is 14.1. The predicted octanol–water partition coefficient (Wildman–Crippen LogP) is -0.785. The average Bonchev–Trinajstić information content (AvgIpc) is 1.68. The van der Waals surface area contributed by atoms with Crippen molar-refractivity contribution in [1.29, 1.82) is 0 Å². The third-order valence-corrected chi connectivity index (χ3v) is 0.999. The lowest BCUT2D eigenvalue weighted by atomic mass is 10.4. The summed E-state index contributed by atoms with van der Waals surface area (Å²) in [6, 6.07) is 0.602. The summed E-state index contributed by atoms with van der Waals surface area (Å²) in [7, 11) is 3.77. The van der Waals surface area contributed by atoms with E-state index in [0.717, 1.165) is 6.61 Å². The Bertz CT molecular complexity index is 39.1. The van der Waals surface area contributed by atoms with Crippen LogP contribution in [-0.2, 0) is 4.74 Å². The van der Waals surface area contributed by atoms with Crippen LogP contribution < -0.4 is 5.32 Å². The molecule has 0 aliphatic rings. The van der Waals surface area contributed by atoms with Crippen molar-refractivity contribution in [2.24, 2.45) is 0 Å². The first kappa shape index (κ1) is 6.92. The van der Waals surface area contributed by atoms with Crippen molar-refractivity contribution in [3.05, 3.63) is 0 Å². The van der Waals surface area contributed by atoms with Gasteiger partial charge in [0, 0.05) is 7.11 Å². The molecule has 0 saturated heterocycles. The molecule has 0 heterocycles. The van der Waals surface area contributed by atoms with Crippen LogP contribution in [0, 0.1) is 0 Å². The SMILES string of the molecule is C[NH2+][C@@H](C)COC. The van der Waals surface area contributed by atoms with E-state index in [0.29, 0.717) is 6.04 Å². The van der Waals surface area contributed by atoms with Gasteiger partial charge in [-0.2, -0.15) is 0 Å². The van der Waals surface area contributed by atoms with E-state index in [-0.39, 0.29) is 0 Å². The largest absolute Gasteiger partial charge is 0.379 e. The van der Waals surface area contributed by atoms with Gasteiger partial charge in [-0.1, -0.05) is 0 Å². The van der Waals surface area contributed by atoms with Gasteiger partial charge in [0.25, 0.3) is 0 Å². The van der Waals surface area contributed by atoms with E-state index in [1.165, 1.54) is 0 Å². The van der Waals surface area contributed by atoms with Gasteiger partial charge in [0.05, 0.1) is 13.7 Å². The molecule has 0 amide bonds. The number of hydrogen-bond donors (Lipinski definition) is 1. The minimum atomic E-state index is 0.602. The first-order valence-corrected chi connectivity index (χ1v) is 2.59. The summed E-state index contributed by atoms with van der Waals surface area (Å²) in [4.78, 5) is 0. The number of ether oxygens (including phenoxy) is 1. The first-order valence-electron chi connectivity index (χ1n) is 2.59. The van der Waals surface area contributed by atoms with Crippen LogP contribution >= 0.6 is 0 Å². The lowest BCUT2D eigenvalue weighted by Crippen LogP contribution is -2.86. The second-order valence-corrected chi connectivity index (χ2v) is 1.77. The summed E-state index contributed by atoms with van der Waals surface area (Å²) in [6.07, 6.45) is 0. The third kappa shape index (κ3) is 3.76. The van der Waals surface area contributed by atoms with Crippen LogP contribution in [0.15, 0.2) is 0 Å². The summed E-state index contributed by atoms with van der Waals surface area (Å²) in [5, 5.41) is 2.13. The van der Waals surface area contributed by atoms with Gasteiger partial charge >= 0.3 is 0 Å².